The molecule has 0 saturated carbocycles. The molecule has 1 aliphatic heterocycles. The number of amides is 3. The summed E-state index contributed by atoms with van der Waals surface area (Å²) in [5, 5.41) is 12.7. The average Bonchev–Trinajstić information content (AvgIpc) is 2.92. The Bertz CT molecular complexity index is 1240. The van der Waals surface area contributed by atoms with E-state index in [2.05, 4.69) is 38.2 Å². The zero-order chi connectivity index (χ0) is 26.7. The van der Waals surface area contributed by atoms with Crippen LogP contribution in [0.5, 0.6) is 0 Å². The largest absolute Gasteiger partial charge is 0.350 e. The second-order valence-corrected chi connectivity index (χ2v) is 10.2. The monoisotopic (exact) mass is 533 g/mol. The first-order valence-electron chi connectivity index (χ1n) is 12.9. The van der Waals surface area contributed by atoms with Crippen LogP contribution < -0.4 is 21.3 Å². The standard InChI is InChI=1S/C28H35N7O2S/c1-3-4-12-35-18-21-8-6-10-23(15-21)33-26-16-25(30-19-31-26)32-22-9-5-7-20(14-22)17-29-27(36)24(11-13-38-2)34-28(35)37/h5-10,14-16,19,24H,3-4,11-13,17-18H2,1-2H3,(H,29,36)(H,34,37)(H2,30,31,32,33)/t24-/m0/s1. The summed E-state index contributed by atoms with van der Waals surface area (Å²) >= 11 is 1.65. The summed E-state index contributed by atoms with van der Waals surface area (Å²) in [6.07, 6.45) is 5.89. The Morgan fingerprint density at radius 3 is 2.34 bits per heavy atom. The van der Waals surface area contributed by atoms with Crippen molar-refractivity contribution in [1.29, 1.82) is 0 Å². The van der Waals surface area contributed by atoms with Gasteiger partial charge in [0.05, 0.1) is 0 Å². The number of thioether (sulfide) groups is 1. The van der Waals surface area contributed by atoms with Crippen molar-refractivity contribution in [1.82, 2.24) is 25.5 Å². The molecule has 0 unspecified atom stereocenters. The summed E-state index contributed by atoms with van der Waals surface area (Å²) in [6.45, 7) is 3.48. The maximum atomic E-state index is 13.4. The fraction of sp³-hybridized carbons (Fsp3) is 0.357. The lowest BCUT2D eigenvalue weighted by molar-refractivity contribution is -0.123. The lowest BCUT2D eigenvalue weighted by atomic mass is 10.1. The molecule has 0 aliphatic carbocycles. The van der Waals surface area contributed by atoms with E-state index in [1.807, 2.05) is 60.9 Å². The van der Waals surface area contributed by atoms with Crippen LogP contribution in [0.3, 0.4) is 0 Å². The number of hydrogen-bond donors (Lipinski definition) is 4. The average molecular weight is 534 g/mol. The molecule has 0 fully saturated rings. The molecule has 9 nitrogen and oxygen atoms in total. The molecule has 38 heavy (non-hydrogen) atoms. The van der Waals surface area contributed by atoms with Crippen LogP contribution in [0.25, 0.3) is 0 Å². The molecule has 0 saturated heterocycles. The van der Waals surface area contributed by atoms with Crippen LogP contribution in [0.1, 0.15) is 37.3 Å². The summed E-state index contributed by atoms with van der Waals surface area (Å²) in [5.41, 5.74) is 3.62. The second kappa shape index (κ2) is 13.7. The number of urea groups is 1. The summed E-state index contributed by atoms with van der Waals surface area (Å²) in [6, 6.07) is 16.7. The molecule has 10 heteroatoms. The molecule has 4 rings (SSSR count). The highest BCUT2D eigenvalue weighted by Gasteiger charge is 2.23. The van der Waals surface area contributed by atoms with Gasteiger partial charge in [-0.15, -0.1) is 0 Å². The van der Waals surface area contributed by atoms with Crippen LogP contribution >= 0.6 is 11.8 Å². The Kier molecular flexibility index (Phi) is 9.80. The van der Waals surface area contributed by atoms with E-state index in [-0.39, 0.29) is 11.9 Å². The van der Waals surface area contributed by atoms with E-state index in [9.17, 15) is 9.59 Å². The van der Waals surface area contributed by atoms with Crippen LogP contribution in [-0.2, 0) is 17.9 Å². The van der Waals surface area contributed by atoms with Gasteiger partial charge < -0.3 is 26.2 Å². The van der Waals surface area contributed by atoms with Gasteiger partial charge >= 0.3 is 6.03 Å². The van der Waals surface area contributed by atoms with Gasteiger partial charge in [-0.25, -0.2) is 14.8 Å². The van der Waals surface area contributed by atoms with E-state index in [0.717, 1.165) is 41.1 Å². The van der Waals surface area contributed by atoms with Gasteiger partial charge in [-0.05, 0) is 60.2 Å². The number of fused-ring (bicyclic) bond motifs is 6. The zero-order valence-corrected chi connectivity index (χ0v) is 22.7. The Balaban J connectivity index is 1.67. The molecule has 0 spiro atoms. The molecule has 4 N–H and O–H groups in total. The van der Waals surface area contributed by atoms with Gasteiger partial charge in [0, 0.05) is 37.1 Å². The summed E-state index contributed by atoms with van der Waals surface area (Å²) in [5.74, 6) is 1.87. The Morgan fingerprint density at radius 1 is 0.974 bits per heavy atom. The van der Waals surface area contributed by atoms with E-state index in [4.69, 9.17) is 0 Å². The van der Waals surface area contributed by atoms with E-state index < -0.39 is 6.04 Å². The van der Waals surface area contributed by atoms with E-state index in [1.54, 1.807) is 16.7 Å². The highest BCUT2D eigenvalue weighted by atomic mass is 32.2. The van der Waals surface area contributed by atoms with Crippen LogP contribution in [-0.4, -0.2) is 51.4 Å². The van der Waals surface area contributed by atoms with Gasteiger partial charge in [-0.2, -0.15) is 11.8 Å². The third-order valence-electron chi connectivity index (χ3n) is 6.20. The first-order chi connectivity index (χ1) is 18.5. The fourth-order valence-electron chi connectivity index (χ4n) is 4.18. The topological polar surface area (TPSA) is 111 Å². The van der Waals surface area contributed by atoms with Crippen LogP contribution in [0.2, 0.25) is 0 Å². The van der Waals surface area contributed by atoms with Crippen molar-refractivity contribution in [2.24, 2.45) is 0 Å². The van der Waals surface area contributed by atoms with E-state index in [1.165, 1.54) is 6.33 Å². The quantitative estimate of drug-likeness (QED) is 0.352. The summed E-state index contributed by atoms with van der Waals surface area (Å²) in [7, 11) is 0. The molecule has 6 bridgehead atoms. The maximum Gasteiger partial charge on any atom is 0.318 e. The Hall–Kier alpha value is -3.79. The minimum absolute atomic E-state index is 0.189. The van der Waals surface area contributed by atoms with Crippen molar-refractivity contribution < 1.29 is 9.59 Å². The van der Waals surface area contributed by atoms with E-state index in [0.29, 0.717) is 37.7 Å². The summed E-state index contributed by atoms with van der Waals surface area (Å²) in [4.78, 5) is 37.1. The molecule has 3 aromatic rings. The minimum atomic E-state index is -0.618. The first-order valence-corrected chi connectivity index (χ1v) is 14.3. The number of nitrogens with zero attached hydrogens (tertiary/aromatic N) is 3. The predicted molar refractivity (Wildman–Crippen MR) is 154 cm³/mol. The third-order valence-corrected chi connectivity index (χ3v) is 6.84. The molecule has 3 amide bonds. The number of carbonyl (C=O) groups excluding carboxylic acids is 2. The highest BCUT2D eigenvalue weighted by Crippen LogP contribution is 2.22. The van der Waals surface area contributed by atoms with Gasteiger partial charge in [-0.3, -0.25) is 4.79 Å². The SMILES string of the molecule is CCCCN1Cc2cccc(c2)Nc2cc(ncn2)Nc2cccc(c2)CNC(=O)[C@H](CCSC)NC1=O. The normalized spacial score (nSPS) is 16.2. The lowest BCUT2D eigenvalue weighted by Gasteiger charge is -2.26. The van der Waals surface area contributed by atoms with Gasteiger partial charge in [-0.1, -0.05) is 37.6 Å². The molecule has 1 aliphatic rings. The van der Waals surface area contributed by atoms with Crippen molar-refractivity contribution >= 4 is 46.7 Å². The second-order valence-electron chi connectivity index (χ2n) is 9.22. The fourth-order valence-corrected chi connectivity index (χ4v) is 4.65. The van der Waals surface area contributed by atoms with Crippen LogP contribution in [0.15, 0.2) is 60.9 Å². The molecular formula is C28H35N7O2S. The van der Waals surface area contributed by atoms with Gasteiger partial charge in [0.15, 0.2) is 0 Å². The van der Waals surface area contributed by atoms with Crippen molar-refractivity contribution in [2.45, 2.75) is 45.3 Å². The number of carbonyl (C=O) groups is 2. The van der Waals surface area contributed by atoms with Crippen molar-refractivity contribution in [3.8, 4) is 0 Å². The number of benzene rings is 2. The predicted octanol–water partition coefficient (Wildman–Crippen LogP) is 5.03. The molecular weight excluding hydrogens is 498 g/mol. The van der Waals surface area contributed by atoms with Crippen molar-refractivity contribution in [3.63, 3.8) is 0 Å². The number of nitrogens with one attached hydrogen (secondary N) is 4. The highest BCUT2D eigenvalue weighted by molar-refractivity contribution is 7.98. The third kappa shape index (κ3) is 7.85. The zero-order valence-electron chi connectivity index (χ0n) is 21.9. The lowest BCUT2D eigenvalue weighted by Crippen LogP contribution is -2.51. The van der Waals surface area contributed by atoms with Gasteiger partial charge in [0.1, 0.15) is 24.0 Å². The number of aromatic nitrogens is 2. The van der Waals surface area contributed by atoms with Gasteiger partial charge in [0.25, 0.3) is 0 Å². The number of rotatable bonds is 6. The molecule has 2 heterocycles. The first kappa shape index (κ1) is 27.3. The molecule has 2 aromatic carbocycles. The number of anilines is 4. The maximum absolute atomic E-state index is 13.4. The molecule has 200 valence electrons. The van der Waals surface area contributed by atoms with Crippen LogP contribution in [0, 0.1) is 0 Å². The van der Waals surface area contributed by atoms with E-state index >= 15 is 0 Å². The molecule has 0 radical (unpaired) electrons. The Morgan fingerprint density at radius 2 is 1.66 bits per heavy atom. The molecule has 1 aromatic heterocycles. The number of hydrogen-bond acceptors (Lipinski definition) is 7. The van der Waals surface area contributed by atoms with Crippen molar-refractivity contribution in [2.75, 3.05) is 29.2 Å². The minimum Gasteiger partial charge on any atom is -0.350 e. The Labute approximate surface area is 228 Å². The smallest absolute Gasteiger partial charge is 0.318 e. The number of unbranched alkanes of at least 4 members (excludes halogenated alkanes) is 1. The van der Waals surface area contributed by atoms with Crippen LogP contribution in [0.4, 0.5) is 27.8 Å². The van der Waals surface area contributed by atoms with Crippen molar-refractivity contribution in [3.05, 3.63) is 72.1 Å². The molecule has 1 atom stereocenters. The van der Waals surface area contributed by atoms with Gasteiger partial charge in [0.2, 0.25) is 5.91 Å². The summed E-state index contributed by atoms with van der Waals surface area (Å²) < 4.78 is 0.